The Morgan fingerprint density at radius 1 is 1.11 bits per heavy atom. The fourth-order valence-electron chi connectivity index (χ4n) is 2.44. The number of benzene rings is 2. The average Bonchev–Trinajstić information content (AvgIpc) is 3.16. The molecule has 146 valence electrons. The number of carbonyl (C=O) groups is 1. The zero-order valence-corrected chi connectivity index (χ0v) is 16.0. The Morgan fingerprint density at radius 3 is 2.64 bits per heavy atom. The van der Waals surface area contributed by atoms with Crippen molar-refractivity contribution in [1.82, 2.24) is 10.1 Å². The highest BCUT2D eigenvalue weighted by atomic mass is 16.5. The Morgan fingerprint density at radius 2 is 1.89 bits per heavy atom. The third kappa shape index (κ3) is 5.33. The Hall–Kier alpha value is -3.35. The highest BCUT2D eigenvalue weighted by molar-refractivity contribution is 5.90. The number of aryl methyl sites for hydroxylation is 1. The normalized spacial score (nSPS) is 10.5. The topological polar surface area (TPSA) is 86.5 Å². The van der Waals surface area contributed by atoms with E-state index in [4.69, 9.17) is 14.0 Å². The molecule has 0 bridgehead atoms. The summed E-state index contributed by atoms with van der Waals surface area (Å²) in [4.78, 5) is 16.2. The Labute approximate surface area is 163 Å². The molecular weight excluding hydrogens is 358 g/mol. The molecule has 0 saturated heterocycles. The van der Waals surface area contributed by atoms with Gasteiger partial charge in [0.2, 0.25) is 0 Å². The van der Waals surface area contributed by atoms with E-state index in [1.807, 2.05) is 55.5 Å². The summed E-state index contributed by atoms with van der Waals surface area (Å²) in [5.74, 6) is 1.49. The molecule has 7 heteroatoms. The first-order valence-electron chi connectivity index (χ1n) is 9.21. The number of hydrogen-bond acceptors (Lipinski definition) is 6. The van der Waals surface area contributed by atoms with E-state index in [1.165, 1.54) is 0 Å². The van der Waals surface area contributed by atoms with Gasteiger partial charge in [0.15, 0.2) is 6.61 Å². The fraction of sp³-hybridized carbons (Fsp3) is 0.286. The Bertz CT molecular complexity index is 906. The molecule has 1 amide bonds. The maximum atomic E-state index is 12.0. The van der Waals surface area contributed by atoms with E-state index in [-0.39, 0.29) is 18.5 Å². The standard InChI is InChI=1S/C21H23N3O4/c1-3-4-13-26-17-11-9-16(10-12-17)20-23-21(24-28-20)22-19(25)14-27-18-8-6-5-7-15(18)2/h5-12H,3-4,13-14H2,1-2H3,(H,22,24,25). The summed E-state index contributed by atoms with van der Waals surface area (Å²) in [5.41, 5.74) is 1.70. The van der Waals surface area contributed by atoms with Gasteiger partial charge in [0.1, 0.15) is 11.5 Å². The number of rotatable bonds is 9. The predicted molar refractivity (Wildman–Crippen MR) is 105 cm³/mol. The molecule has 0 fully saturated rings. The summed E-state index contributed by atoms with van der Waals surface area (Å²) in [5, 5.41) is 6.35. The van der Waals surface area contributed by atoms with E-state index in [9.17, 15) is 4.79 Å². The van der Waals surface area contributed by atoms with E-state index < -0.39 is 0 Å². The third-order valence-electron chi connectivity index (χ3n) is 4.00. The van der Waals surface area contributed by atoms with Crippen LogP contribution < -0.4 is 14.8 Å². The van der Waals surface area contributed by atoms with Crippen LogP contribution in [0.1, 0.15) is 25.3 Å². The lowest BCUT2D eigenvalue weighted by atomic mass is 10.2. The minimum Gasteiger partial charge on any atom is -0.494 e. The minimum atomic E-state index is -0.365. The highest BCUT2D eigenvalue weighted by Crippen LogP contribution is 2.22. The molecule has 0 unspecified atom stereocenters. The van der Waals surface area contributed by atoms with Crippen LogP contribution in [0.2, 0.25) is 0 Å². The van der Waals surface area contributed by atoms with Crippen molar-refractivity contribution in [3.63, 3.8) is 0 Å². The predicted octanol–water partition coefficient (Wildman–Crippen LogP) is 4.24. The van der Waals surface area contributed by atoms with Gasteiger partial charge in [-0.1, -0.05) is 31.5 Å². The maximum absolute atomic E-state index is 12.0. The van der Waals surface area contributed by atoms with Crippen LogP contribution in [0, 0.1) is 6.92 Å². The molecule has 2 aromatic carbocycles. The first-order chi connectivity index (χ1) is 13.7. The van der Waals surface area contributed by atoms with E-state index in [0.29, 0.717) is 18.2 Å². The van der Waals surface area contributed by atoms with E-state index in [1.54, 1.807) is 0 Å². The summed E-state index contributed by atoms with van der Waals surface area (Å²) >= 11 is 0. The third-order valence-corrected chi connectivity index (χ3v) is 4.00. The van der Waals surface area contributed by atoms with Gasteiger partial charge in [-0.25, -0.2) is 0 Å². The van der Waals surface area contributed by atoms with Gasteiger partial charge in [0.05, 0.1) is 6.61 Å². The summed E-state index contributed by atoms with van der Waals surface area (Å²) < 4.78 is 16.3. The number of para-hydroxylation sites is 1. The van der Waals surface area contributed by atoms with Crippen molar-refractivity contribution >= 4 is 11.9 Å². The molecule has 0 radical (unpaired) electrons. The largest absolute Gasteiger partial charge is 0.494 e. The SMILES string of the molecule is CCCCOc1ccc(-c2nc(NC(=O)COc3ccccc3C)no2)cc1. The van der Waals surface area contributed by atoms with Crippen molar-refractivity contribution in [1.29, 1.82) is 0 Å². The summed E-state index contributed by atoms with van der Waals surface area (Å²) in [6, 6.07) is 14.9. The molecule has 1 aromatic heterocycles. The van der Waals surface area contributed by atoms with Gasteiger partial charge < -0.3 is 14.0 Å². The highest BCUT2D eigenvalue weighted by Gasteiger charge is 2.12. The average molecular weight is 381 g/mol. The number of ether oxygens (including phenoxy) is 2. The van der Waals surface area contributed by atoms with Gasteiger partial charge in [-0.15, -0.1) is 0 Å². The molecule has 3 aromatic rings. The van der Waals surface area contributed by atoms with Gasteiger partial charge in [-0.3, -0.25) is 10.1 Å². The van der Waals surface area contributed by atoms with E-state index in [2.05, 4.69) is 22.4 Å². The van der Waals surface area contributed by atoms with E-state index in [0.717, 1.165) is 29.7 Å². The molecule has 0 spiro atoms. The molecule has 3 rings (SSSR count). The summed E-state index contributed by atoms with van der Waals surface area (Å²) in [7, 11) is 0. The lowest BCUT2D eigenvalue weighted by molar-refractivity contribution is -0.118. The number of nitrogens with zero attached hydrogens (tertiary/aromatic N) is 2. The lowest BCUT2D eigenvalue weighted by Gasteiger charge is -2.07. The molecule has 0 aliphatic rings. The molecule has 0 aliphatic carbocycles. The number of unbranched alkanes of at least 4 members (excludes halogenated alkanes) is 1. The Kier molecular flexibility index (Phi) is 6.62. The Balaban J connectivity index is 1.53. The van der Waals surface area contributed by atoms with Crippen LogP contribution in [-0.2, 0) is 4.79 Å². The number of nitrogens with one attached hydrogen (secondary N) is 1. The lowest BCUT2D eigenvalue weighted by Crippen LogP contribution is -2.21. The number of carbonyl (C=O) groups excluding carboxylic acids is 1. The first-order valence-corrected chi connectivity index (χ1v) is 9.21. The molecule has 1 N–H and O–H groups in total. The summed E-state index contributed by atoms with van der Waals surface area (Å²) in [6.07, 6.45) is 2.10. The van der Waals surface area contributed by atoms with Crippen LogP contribution >= 0.6 is 0 Å². The molecule has 1 heterocycles. The number of aromatic nitrogens is 2. The van der Waals surface area contributed by atoms with Crippen LogP contribution in [0.25, 0.3) is 11.5 Å². The van der Waals surface area contributed by atoms with Crippen LogP contribution in [0.15, 0.2) is 53.1 Å². The monoisotopic (exact) mass is 381 g/mol. The second-order valence-corrected chi connectivity index (χ2v) is 6.25. The molecule has 0 atom stereocenters. The van der Waals surface area contributed by atoms with Crippen molar-refractivity contribution in [2.75, 3.05) is 18.5 Å². The minimum absolute atomic E-state index is 0.0941. The number of amides is 1. The van der Waals surface area contributed by atoms with Crippen molar-refractivity contribution in [3.8, 4) is 23.0 Å². The van der Waals surface area contributed by atoms with Crippen molar-refractivity contribution in [2.24, 2.45) is 0 Å². The second-order valence-electron chi connectivity index (χ2n) is 6.25. The number of anilines is 1. The van der Waals surface area contributed by atoms with Gasteiger partial charge in [-0.05, 0) is 54.4 Å². The zero-order chi connectivity index (χ0) is 19.8. The quantitative estimate of drug-likeness (QED) is 0.558. The maximum Gasteiger partial charge on any atom is 0.270 e. The fourth-order valence-corrected chi connectivity index (χ4v) is 2.44. The van der Waals surface area contributed by atoms with Crippen LogP contribution in [0.4, 0.5) is 5.95 Å². The molecule has 0 aliphatic heterocycles. The zero-order valence-electron chi connectivity index (χ0n) is 16.0. The second kappa shape index (κ2) is 9.55. The van der Waals surface area contributed by atoms with Gasteiger partial charge in [0, 0.05) is 5.56 Å². The number of hydrogen-bond donors (Lipinski definition) is 1. The van der Waals surface area contributed by atoms with Gasteiger partial charge >= 0.3 is 0 Å². The van der Waals surface area contributed by atoms with Gasteiger partial charge in [0.25, 0.3) is 17.7 Å². The molecular formula is C21H23N3O4. The van der Waals surface area contributed by atoms with Crippen LogP contribution in [-0.4, -0.2) is 29.3 Å². The van der Waals surface area contributed by atoms with Crippen LogP contribution in [0.3, 0.4) is 0 Å². The van der Waals surface area contributed by atoms with Crippen molar-refractivity contribution in [3.05, 3.63) is 54.1 Å². The van der Waals surface area contributed by atoms with Crippen LogP contribution in [0.5, 0.6) is 11.5 Å². The summed E-state index contributed by atoms with van der Waals surface area (Å²) in [6.45, 7) is 4.59. The smallest absolute Gasteiger partial charge is 0.270 e. The van der Waals surface area contributed by atoms with Gasteiger partial charge in [-0.2, -0.15) is 4.98 Å². The van der Waals surface area contributed by atoms with Crippen molar-refractivity contribution < 1.29 is 18.8 Å². The first kappa shape index (κ1) is 19.4. The molecule has 28 heavy (non-hydrogen) atoms. The molecule has 7 nitrogen and oxygen atoms in total. The molecule has 0 saturated carbocycles. The van der Waals surface area contributed by atoms with E-state index >= 15 is 0 Å². The van der Waals surface area contributed by atoms with Crippen molar-refractivity contribution in [2.45, 2.75) is 26.7 Å².